The van der Waals surface area contributed by atoms with Crippen LogP contribution in [0.15, 0.2) is 0 Å². The van der Waals surface area contributed by atoms with Gasteiger partial charge in [0.1, 0.15) is 0 Å². The summed E-state index contributed by atoms with van der Waals surface area (Å²) in [5.41, 5.74) is 0.595. The van der Waals surface area contributed by atoms with Gasteiger partial charge in [0.15, 0.2) is 0 Å². The van der Waals surface area contributed by atoms with Gasteiger partial charge in [-0.05, 0) is 133 Å². The van der Waals surface area contributed by atoms with Crippen molar-refractivity contribution in [1.29, 1.82) is 0 Å². The lowest BCUT2D eigenvalue weighted by Crippen LogP contribution is -2.36. The highest BCUT2D eigenvalue weighted by Gasteiger charge is 2.38. The van der Waals surface area contributed by atoms with E-state index in [9.17, 15) is 0 Å². The van der Waals surface area contributed by atoms with Crippen molar-refractivity contribution >= 4 is 0 Å². The van der Waals surface area contributed by atoms with Crippen molar-refractivity contribution in [3.8, 4) is 0 Å². The lowest BCUT2D eigenvalue weighted by atomic mass is 9.62. The highest BCUT2D eigenvalue weighted by Crippen LogP contribution is 2.47. The van der Waals surface area contributed by atoms with Crippen molar-refractivity contribution in [2.24, 2.45) is 94.2 Å². The summed E-state index contributed by atoms with van der Waals surface area (Å²) in [6.07, 6.45) is 74.4. The summed E-state index contributed by atoms with van der Waals surface area (Å²) >= 11 is 0. The molecule has 3 rings (SSSR count). The zero-order valence-corrected chi connectivity index (χ0v) is 57.5. The first-order valence-electron chi connectivity index (χ1n) is 38.2. The second kappa shape index (κ2) is 45.3. The molecule has 0 radical (unpaired) electrons. The average Bonchev–Trinajstić information content (AvgIpc) is 3.46. The van der Waals surface area contributed by atoms with E-state index in [1.165, 1.54) is 321 Å². The van der Waals surface area contributed by atoms with E-state index in [4.69, 9.17) is 0 Å². The Bertz CT molecular complexity index is 1270. The molecule has 3 aliphatic rings. The molecular weight excluding hydrogens is 949 g/mol. The van der Waals surface area contributed by atoms with Crippen molar-refractivity contribution in [1.82, 2.24) is 0 Å². The van der Waals surface area contributed by atoms with Gasteiger partial charge in [0.05, 0.1) is 0 Å². The Morgan fingerprint density at radius 2 is 0.405 bits per heavy atom. The number of unbranched alkanes of at least 4 members (excludes halogenated alkanes) is 36. The summed E-state index contributed by atoms with van der Waals surface area (Å²) in [7, 11) is 0. The third kappa shape index (κ3) is 30.8. The van der Waals surface area contributed by atoms with Gasteiger partial charge in [-0.2, -0.15) is 0 Å². The molecule has 0 saturated heterocycles. The molecule has 15 unspecified atom stereocenters. The first-order valence-corrected chi connectivity index (χ1v) is 38.2. The molecule has 0 aliphatic heterocycles. The fraction of sp³-hybridized carbons (Fsp3) is 1.00. The quantitative estimate of drug-likeness (QED) is 0.0533. The highest BCUT2D eigenvalue weighted by atomic mass is 14.4. The molecule has 15 atom stereocenters. The zero-order valence-electron chi connectivity index (χ0n) is 57.5. The maximum atomic E-state index is 2.73. The molecule has 0 aromatic carbocycles. The fourth-order valence-corrected chi connectivity index (χ4v) is 17.9. The topological polar surface area (TPSA) is 0 Å². The minimum Gasteiger partial charge on any atom is -0.0651 e. The van der Waals surface area contributed by atoms with Crippen LogP contribution >= 0.6 is 0 Å². The molecule has 0 bridgehead atoms. The predicted molar refractivity (Wildman–Crippen MR) is 359 cm³/mol. The smallest absolute Gasteiger partial charge is 0.0326 e. The van der Waals surface area contributed by atoms with Gasteiger partial charge in [-0.25, -0.2) is 0 Å². The van der Waals surface area contributed by atoms with E-state index in [1.54, 1.807) is 0 Å². The number of hydrogen-bond acceptors (Lipinski definition) is 0. The van der Waals surface area contributed by atoms with Gasteiger partial charge in [-0.15, -0.1) is 0 Å². The summed E-state index contributed by atoms with van der Waals surface area (Å²) in [6, 6.07) is 0. The van der Waals surface area contributed by atoms with Gasteiger partial charge in [0.2, 0.25) is 0 Å². The minimum atomic E-state index is 0.595. The SMILES string of the molecule is CCC1CC(CCCCCCCCCCCCCCCC(C)(CCCCCCCCCCCCCCCC2CC(C)C(C)C(C)C2C)CCCCCCCCCCCCCCCC2CC(CC)C(C)C(C)C2C)C(C)C(C)C1C. The van der Waals surface area contributed by atoms with Crippen molar-refractivity contribution in [3.63, 3.8) is 0 Å². The summed E-state index contributed by atoms with van der Waals surface area (Å²) in [5.74, 6) is 14.2. The standard InChI is InChI=1S/C79H154/c1-14-74-62-77(72(11)67(6)69(74)8)56-50-44-38-32-26-20-17-23-29-35-41-47-53-59-79(13,58-52-46-40-34-28-22-16-19-25-31-37-43-49-55-76-61-64(3)65(4)66(5)71(76)10)60-54-48-42-36-30-24-18-21-27-33-39-45-51-57-78-63-75(15-2)70(9)68(7)73(78)12/h64-78H,14-63H2,1-13H3. The predicted octanol–water partition coefficient (Wildman–Crippen LogP) is 28.0. The van der Waals surface area contributed by atoms with Crippen LogP contribution in [0.4, 0.5) is 0 Å². The third-order valence-corrected chi connectivity index (χ3v) is 25.6. The molecule has 0 heterocycles. The average molecular weight is 1100 g/mol. The van der Waals surface area contributed by atoms with Crippen molar-refractivity contribution in [2.45, 2.75) is 411 Å². The molecule has 79 heavy (non-hydrogen) atoms. The van der Waals surface area contributed by atoms with E-state index in [-0.39, 0.29) is 0 Å². The van der Waals surface area contributed by atoms with E-state index >= 15 is 0 Å². The second-order valence-corrected chi connectivity index (χ2v) is 31.2. The van der Waals surface area contributed by atoms with Crippen LogP contribution in [0, 0.1) is 94.2 Å². The Labute approximate surface area is 502 Å². The lowest BCUT2D eigenvalue weighted by Gasteiger charge is -2.44. The highest BCUT2D eigenvalue weighted by molar-refractivity contribution is 4.88. The summed E-state index contributed by atoms with van der Waals surface area (Å²) in [6.45, 7) is 33.0. The van der Waals surface area contributed by atoms with Gasteiger partial charge in [-0.3, -0.25) is 0 Å². The van der Waals surface area contributed by atoms with Crippen LogP contribution in [0.5, 0.6) is 0 Å². The molecule has 0 spiro atoms. The Morgan fingerprint density at radius 3 is 0.646 bits per heavy atom. The van der Waals surface area contributed by atoms with E-state index in [0.717, 1.165) is 88.8 Å². The third-order valence-electron chi connectivity index (χ3n) is 25.6. The number of hydrogen-bond donors (Lipinski definition) is 0. The zero-order chi connectivity index (χ0) is 57.5. The largest absolute Gasteiger partial charge is 0.0651 e. The second-order valence-electron chi connectivity index (χ2n) is 31.2. The van der Waals surface area contributed by atoms with Crippen molar-refractivity contribution < 1.29 is 0 Å². The molecule has 0 heteroatoms. The van der Waals surface area contributed by atoms with Gasteiger partial charge in [-0.1, -0.05) is 373 Å². The van der Waals surface area contributed by atoms with Crippen LogP contribution < -0.4 is 0 Å². The molecule has 3 fully saturated rings. The number of rotatable bonds is 50. The van der Waals surface area contributed by atoms with E-state index in [0.29, 0.717) is 5.41 Å². The fourth-order valence-electron chi connectivity index (χ4n) is 17.9. The van der Waals surface area contributed by atoms with Crippen LogP contribution in [-0.4, -0.2) is 0 Å². The van der Waals surface area contributed by atoms with E-state index < -0.39 is 0 Å². The lowest BCUT2D eigenvalue weighted by molar-refractivity contribution is 0.0587. The Kier molecular flexibility index (Phi) is 42.0. The Balaban J connectivity index is 1.19. The molecule has 0 aromatic heterocycles. The maximum absolute atomic E-state index is 2.73. The van der Waals surface area contributed by atoms with Crippen LogP contribution in [0.1, 0.15) is 411 Å². The molecule has 0 nitrogen and oxygen atoms in total. The van der Waals surface area contributed by atoms with E-state index in [1.807, 2.05) is 0 Å². The normalized spacial score (nSPS) is 30.3. The van der Waals surface area contributed by atoms with Gasteiger partial charge in [0, 0.05) is 0 Å². The maximum Gasteiger partial charge on any atom is -0.0326 e. The molecule has 0 aromatic rings. The molecule has 3 aliphatic carbocycles. The first-order chi connectivity index (χ1) is 38.2. The molecule has 470 valence electrons. The Hall–Kier alpha value is 0. The summed E-state index contributed by atoms with van der Waals surface area (Å²) in [5, 5.41) is 0. The molecular formula is C79H154. The van der Waals surface area contributed by atoms with Crippen LogP contribution in [0.3, 0.4) is 0 Å². The molecule has 0 amide bonds. The molecule has 0 N–H and O–H groups in total. The first kappa shape index (κ1) is 73.3. The van der Waals surface area contributed by atoms with E-state index in [2.05, 4.69) is 90.0 Å². The monoisotopic (exact) mass is 1100 g/mol. The van der Waals surface area contributed by atoms with Crippen LogP contribution in [-0.2, 0) is 0 Å². The Morgan fingerprint density at radius 1 is 0.215 bits per heavy atom. The van der Waals surface area contributed by atoms with Crippen molar-refractivity contribution in [3.05, 3.63) is 0 Å². The minimum absolute atomic E-state index is 0.595. The van der Waals surface area contributed by atoms with Gasteiger partial charge in [0.25, 0.3) is 0 Å². The van der Waals surface area contributed by atoms with Gasteiger partial charge >= 0.3 is 0 Å². The van der Waals surface area contributed by atoms with Crippen molar-refractivity contribution in [2.75, 3.05) is 0 Å². The summed E-state index contributed by atoms with van der Waals surface area (Å²) in [4.78, 5) is 0. The molecule has 3 saturated carbocycles. The van der Waals surface area contributed by atoms with Gasteiger partial charge < -0.3 is 0 Å². The van der Waals surface area contributed by atoms with Crippen LogP contribution in [0.25, 0.3) is 0 Å². The van der Waals surface area contributed by atoms with Crippen LogP contribution in [0.2, 0.25) is 0 Å². The summed E-state index contributed by atoms with van der Waals surface area (Å²) < 4.78 is 0.